The van der Waals surface area contributed by atoms with Gasteiger partial charge in [-0.2, -0.15) is 4.31 Å². The zero-order valence-corrected chi connectivity index (χ0v) is 14.6. The largest absolute Gasteiger partial charge is 0.465 e. The van der Waals surface area contributed by atoms with Crippen molar-refractivity contribution in [3.05, 3.63) is 58.0 Å². The van der Waals surface area contributed by atoms with Crippen molar-refractivity contribution >= 4 is 15.7 Å². The lowest BCUT2D eigenvalue weighted by molar-refractivity contribution is -0.385. The summed E-state index contributed by atoms with van der Waals surface area (Å²) in [5.41, 5.74) is -0.229. The maximum Gasteiger partial charge on any atom is 0.270 e. The van der Waals surface area contributed by atoms with Gasteiger partial charge >= 0.3 is 0 Å². The van der Waals surface area contributed by atoms with Crippen LogP contribution in [0.4, 0.5) is 5.69 Å². The van der Waals surface area contributed by atoms with Crippen LogP contribution in [0.5, 0.6) is 0 Å². The molecule has 2 aromatic rings. The first-order chi connectivity index (χ1) is 11.9. The fourth-order valence-electron chi connectivity index (χ4n) is 2.83. The van der Waals surface area contributed by atoms with Crippen LogP contribution in [-0.2, 0) is 16.6 Å². The van der Waals surface area contributed by atoms with E-state index in [0.29, 0.717) is 32.7 Å². The molecule has 8 nitrogen and oxygen atoms in total. The van der Waals surface area contributed by atoms with Gasteiger partial charge in [-0.1, -0.05) is 6.07 Å². The molecule has 0 amide bonds. The van der Waals surface area contributed by atoms with E-state index in [1.54, 1.807) is 0 Å². The summed E-state index contributed by atoms with van der Waals surface area (Å²) in [6, 6.07) is 8.98. The molecule has 1 fully saturated rings. The number of sulfonamides is 1. The van der Waals surface area contributed by atoms with Crippen molar-refractivity contribution < 1.29 is 17.8 Å². The molecule has 0 atom stereocenters. The Morgan fingerprint density at radius 3 is 2.48 bits per heavy atom. The van der Waals surface area contributed by atoms with Gasteiger partial charge in [0.25, 0.3) is 5.69 Å². The van der Waals surface area contributed by atoms with E-state index in [0.717, 1.165) is 17.6 Å². The summed E-state index contributed by atoms with van der Waals surface area (Å²) in [7, 11) is -3.73. The Morgan fingerprint density at radius 2 is 1.88 bits per heavy atom. The molecule has 2 heterocycles. The maximum absolute atomic E-state index is 12.7. The molecule has 1 saturated heterocycles. The van der Waals surface area contributed by atoms with Gasteiger partial charge in [0, 0.05) is 38.3 Å². The fraction of sp³-hybridized carbons (Fsp3) is 0.375. The maximum atomic E-state index is 12.7. The zero-order chi connectivity index (χ0) is 18.0. The van der Waals surface area contributed by atoms with Gasteiger partial charge < -0.3 is 4.42 Å². The van der Waals surface area contributed by atoms with Gasteiger partial charge in [-0.25, -0.2) is 8.42 Å². The Labute approximate surface area is 145 Å². The number of nitro benzene ring substituents is 1. The number of benzene rings is 1. The van der Waals surface area contributed by atoms with Crippen LogP contribution in [0.15, 0.2) is 45.7 Å². The molecule has 0 saturated carbocycles. The summed E-state index contributed by atoms with van der Waals surface area (Å²) >= 11 is 0. The predicted octanol–water partition coefficient (Wildman–Crippen LogP) is 2.00. The van der Waals surface area contributed by atoms with E-state index < -0.39 is 14.9 Å². The highest BCUT2D eigenvalue weighted by Gasteiger charge is 2.29. The number of non-ortho nitro benzene ring substituents is 1. The Balaban J connectivity index is 1.67. The minimum Gasteiger partial charge on any atom is -0.465 e. The van der Waals surface area contributed by atoms with Gasteiger partial charge in [0.05, 0.1) is 16.4 Å². The molecule has 1 aromatic heterocycles. The number of nitro groups is 1. The highest BCUT2D eigenvalue weighted by molar-refractivity contribution is 7.89. The molecule has 1 aromatic carbocycles. The van der Waals surface area contributed by atoms with E-state index in [2.05, 4.69) is 4.90 Å². The SMILES string of the molecule is Cc1ccc(CN2CCN(S(=O)(=O)c3cccc([N+](=O)[O-])c3)CC2)o1. The smallest absolute Gasteiger partial charge is 0.270 e. The van der Waals surface area contributed by atoms with E-state index in [-0.39, 0.29) is 10.6 Å². The molecular weight excluding hydrogens is 346 g/mol. The van der Waals surface area contributed by atoms with Crippen molar-refractivity contribution in [2.45, 2.75) is 18.4 Å². The third kappa shape index (κ3) is 3.89. The van der Waals surface area contributed by atoms with Crippen LogP contribution in [0.1, 0.15) is 11.5 Å². The second-order valence-corrected chi connectivity index (χ2v) is 7.88. The normalized spacial score (nSPS) is 16.8. The summed E-state index contributed by atoms with van der Waals surface area (Å²) in [5, 5.41) is 10.9. The molecule has 0 aliphatic carbocycles. The molecule has 0 unspecified atom stereocenters. The second-order valence-electron chi connectivity index (χ2n) is 5.95. The molecular formula is C16H19N3O5S. The Kier molecular flexibility index (Phi) is 4.89. The molecule has 134 valence electrons. The van der Waals surface area contributed by atoms with E-state index >= 15 is 0 Å². The van der Waals surface area contributed by atoms with Gasteiger partial charge in [0.1, 0.15) is 11.5 Å². The van der Waals surface area contributed by atoms with Crippen molar-refractivity contribution in [3.8, 4) is 0 Å². The van der Waals surface area contributed by atoms with Gasteiger partial charge in [-0.3, -0.25) is 15.0 Å². The highest BCUT2D eigenvalue weighted by Crippen LogP contribution is 2.22. The van der Waals surface area contributed by atoms with Crippen molar-refractivity contribution in [1.82, 2.24) is 9.21 Å². The first-order valence-electron chi connectivity index (χ1n) is 7.88. The number of piperazine rings is 1. The number of nitrogens with zero attached hydrogens (tertiary/aromatic N) is 3. The van der Waals surface area contributed by atoms with Gasteiger partial charge in [0.15, 0.2) is 0 Å². The Morgan fingerprint density at radius 1 is 1.16 bits per heavy atom. The third-order valence-electron chi connectivity index (χ3n) is 4.17. The van der Waals surface area contributed by atoms with E-state index in [1.165, 1.54) is 22.5 Å². The second kappa shape index (κ2) is 6.95. The summed E-state index contributed by atoms with van der Waals surface area (Å²) < 4.78 is 32.3. The number of aryl methyl sites for hydroxylation is 1. The lowest BCUT2D eigenvalue weighted by Gasteiger charge is -2.33. The van der Waals surface area contributed by atoms with Crippen LogP contribution in [0.25, 0.3) is 0 Å². The summed E-state index contributed by atoms with van der Waals surface area (Å²) in [6.07, 6.45) is 0. The number of hydrogen-bond donors (Lipinski definition) is 0. The topological polar surface area (TPSA) is 96.9 Å². The minimum atomic E-state index is -3.73. The number of rotatable bonds is 5. The minimum absolute atomic E-state index is 0.0446. The zero-order valence-electron chi connectivity index (χ0n) is 13.8. The van der Waals surface area contributed by atoms with Crippen molar-refractivity contribution in [2.24, 2.45) is 0 Å². The molecule has 1 aliphatic rings. The summed E-state index contributed by atoms with van der Waals surface area (Å²) in [6.45, 7) is 4.35. The monoisotopic (exact) mass is 365 g/mol. The molecule has 3 rings (SSSR count). The fourth-order valence-corrected chi connectivity index (χ4v) is 4.29. The quantitative estimate of drug-likeness (QED) is 0.594. The van der Waals surface area contributed by atoms with E-state index in [4.69, 9.17) is 4.42 Å². The summed E-state index contributed by atoms with van der Waals surface area (Å²) in [4.78, 5) is 12.3. The first kappa shape index (κ1) is 17.6. The molecule has 0 N–H and O–H groups in total. The van der Waals surface area contributed by atoms with Gasteiger partial charge in [0.2, 0.25) is 10.0 Å². The average molecular weight is 365 g/mol. The van der Waals surface area contributed by atoms with Gasteiger partial charge in [-0.15, -0.1) is 0 Å². The molecule has 1 aliphatic heterocycles. The van der Waals surface area contributed by atoms with E-state index in [9.17, 15) is 18.5 Å². The highest BCUT2D eigenvalue weighted by atomic mass is 32.2. The van der Waals surface area contributed by atoms with Crippen LogP contribution < -0.4 is 0 Å². The molecule has 0 spiro atoms. The molecule has 0 bridgehead atoms. The first-order valence-corrected chi connectivity index (χ1v) is 9.32. The lowest BCUT2D eigenvalue weighted by Crippen LogP contribution is -2.48. The van der Waals surface area contributed by atoms with Crippen molar-refractivity contribution in [3.63, 3.8) is 0 Å². The number of hydrogen-bond acceptors (Lipinski definition) is 6. The lowest BCUT2D eigenvalue weighted by atomic mass is 10.3. The standard InChI is InChI=1S/C16H19N3O5S/c1-13-5-6-15(24-13)12-17-7-9-18(10-8-17)25(22,23)16-4-2-3-14(11-16)19(20)21/h2-6,11H,7-10,12H2,1H3. The van der Waals surface area contributed by atoms with Crippen molar-refractivity contribution in [2.75, 3.05) is 26.2 Å². The Hall–Kier alpha value is -2.23. The van der Waals surface area contributed by atoms with Crippen LogP contribution in [-0.4, -0.2) is 48.7 Å². The summed E-state index contributed by atoms with van der Waals surface area (Å²) in [5.74, 6) is 1.70. The average Bonchev–Trinajstić information content (AvgIpc) is 3.00. The predicted molar refractivity (Wildman–Crippen MR) is 90.6 cm³/mol. The molecule has 9 heteroatoms. The molecule has 0 radical (unpaired) electrons. The number of furan rings is 1. The third-order valence-corrected chi connectivity index (χ3v) is 6.07. The van der Waals surface area contributed by atoms with Crippen LogP contribution in [0.3, 0.4) is 0 Å². The van der Waals surface area contributed by atoms with Crippen molar-refractivity contribution in [1.29, 1.82) is 0 Å². The Bertz CT molecular complexity index is 869. The van der Waals surface area contributed by atoms with Crippen LogP contribution in [0, 0.1) is 17.0 Å². The van der Waals surface area contributed by atoms with Gasteiger partial charge in [-0.05, 0) is 25.1 Å². The van der Waals surface area contributed by atoms with E-state index in [1.807, 2.05) is 19.1 Å². The van der Waals surface area contributed by atoms with Crippen LogP contribution >= 0.6 is 0 Å². The molecule has 25 heavy (non-hydrogen) atoms. The van der Waals surface area contributed by atoms with Crippen LogP contribution in [0.2, 0.25) is 0 Å².